The van der Waals surface area contributed by atoms with Gasteiger partial charge in [0.2, 0.25) is 5.91 Å². The van der Waals surface area contributed by atoms with Gasteiger partial charge < -0.3 is 10.0 Å². The Kier molecular flexibility index (Phi) is 6.12. The molecule has 14 heavy (non-hydrogen) atoms. The molecular formula is C10H20ClNO2. The molecule has 0 aromatic heterocycles. The molecule has 0 aliphatic carbocycles. The van der Waals surface area contributed by atoms with Crippen LogP contribution >= 0.6 is 11.6 Å². The van der Waals surface area contributed by atoms with Gasteiger partial charge in [-0.2, -0.15) is 0 Å². The van der Waals surface area contributed by atoms with Crippen LogP contribution in [0.3, 0.4) is 0 Å². The highest BCUT2D eigenvalue weighted by atomic mass is 35.5. The van der Waals surface area contributed by atoms with E-state index in [4.69, 9.17) is 16.7 Å². The molecule has 0 unspecified atom stereocenters. The molecule has 4 heteroatoms. The number of carbonyl (C=O) groups is 1. The predicted molar refractivity (Wildman–Crippen MR) is 58.5 cm³/mol. The first-order valence-electron chi connectivity index (χ1n) is 4.89. The third-order valence-corrected chi connectivity index (χ3v) is 2.71. The van der Waals surface area contributed by atoms with E-state index in [1.165, 1.54) is 0 Å². The van der Waals surface area contributed by atoms with Gasteiger partial charge in [0.25, 0.3) is 0 Å². The fraction of sp³-hybridized carbons (Fsp3) is 0.900. The lowest BCUT2D eigenvalue weighted by molar-refractivity contribution is -0.136. The van der Waals surface area contributed by atoms with Crippen molar-refractivity contribution in [1.82, 2.24) is 4.90 Å². The number of aliphatic hydroxyl groups is 1. The first-order chi connectivity index (χ1) is 6.45. The van der Waals surface area contributed by atoms with E-state index in [0.717, 1.165) is 12.8 Å². The van der Waals surface area contributed by atoms with Crippen LogP contribution in [-0.4, -0.2) is 41.0 Å². The van der Waals surface area contributed by atoms with E-state index in [1.54, 1.807) is 11.9 Å². The van der Waals surface area contributed by atoms with Gasteiger partial charge in [0.05, 0.1) is 12.1 Å². The Labute approximate surface area is 91.0 Å². The van der Waals surface area contributed by atoms with E-state index < -0.39 is 5.54 Å². The molecule has 0 saturated heterocycles. The van der Waals surface area contributed by atoms with Crippen molar-refractivity contribution in [1.29, 1.82) is 0 Å². The number of amides is 1. The maximum atomic E-state index is 11.6. The van der Waals surface area contributed by atoms with Gasteiger partial charge >= 0.3 is 0 Å². The number of rotatable bonds is 6. The van der Waals surface area contributed by atoms with Gasteiger partial charge in [-0.15, -0.1) is 11.6 Å². The number of hydrogen-bond donors (Lipinski definition) is 1. The number of halogens is 1. The van der Waals surface area contributed by atoms with Gasteiger partial charge in [-0.05, 0) is 26.7 Å². The van der Waals surface area contributed by atoms with Gasteiger partial charge in [0.15, 0.2) is 0 Å². The summed E-state index contributed by atoms with van der Waals surface area (Å²) in [5, 5.41) is 9.07. The molecule has 84 valence electrons. The Bertz CT molecular complexity index is 183. The number of alkyl halides is 1. The van der Waals surface area contributed by atoms with E-state index in [0.29, 0.717) is 12.3 Å². The largest absolute Gasteiger partial charge is 0.394 e. The molecule has 0 aliphatic rings. The third-order valence-electron chi connectivity index (χ3n) is 2.44. The van der Waals surface area contributed by atoms with Crippen molar-refractivity contribution in [3.05, 3.63) is 0 Å². The summed E-state index contributed by atoms with van der Waals surface area (Å²) in [5.74, 6) is 0.662. The fourth-order valence-corrected chi connectivity index (χ4v) is 1.17. The van der Waals surface area contributed by atoms with E-state index in [1.807, 2.05) is 13.8 Å². The van der Waals surface area contributed by atoms with Crippen molar-refractivity contribution in [2.45, 2.75) is 38.6 Å². The molecule has 3 nitrogen and oxygen atoms in total. The number of hydrogen-bond acceptors (Lipinski definition) is 2. The average molecular weight is 222 g/mol. The smallest absolute Gasteiger partial charge is 0.222 e. The Morgan fingerprint density at radius 3 is 2.43 bits per heavy atom. The summed E-state index contributed by atoms with van der Waals surface area (Å²) in [7, 11) is 1.72. The lowest BCUT2D eigenvalue weighted by Crippen LogP contribution is -2.47. The Morgan fingerprint density at radius 1 is 1.43 bits per heavy atom. The summed E-state index contributed by atoms with van der Waals surface area (Å²) < 4.78 is 0. The minimum absolute atomic E-state index is 0.0231. The van der Waals surface area contributed by atoms with Crippen LogP contribution in [0.4, 0.5) is 0 Å². The fourth-order valence-electron chi connectivity index (χ4n) is 0.982. The van der Waals surface area contributed by atoms with Gasteiger partial charge in [-0.1, -0.05) is 0 Å². The minimum Gasteiger partial charge on any atom is -0.394 e. The van der Waals surface area contributed by atoms with E-state index in [-0.39, 0.29) is 12.5 Å². The summed E-state index contributed by atoms with van der Waals surface area (Å²) in [5.41, 5.74) is -0.474. The first kappa shape index (κ1) is 13.7. The maximum Gasteiger partial charge on any atom is 0.222 e. The quantitative estimate of drug-likeness (QED) is 0.547. The molecule has 0 atom stereocenters. The van der Waals surface area contributed by atoms with Crippen molar-refractivity contribution in [3.63, 3.8) is 0 Å². The third kappa shape index (κ3) is 4.29. The molecule has 0 aliphatic heterocycles. The Morgan fingerprint density at radius 2 is 2.00 bits per heavy atom. The molecule has 0 aromatic carbocycles. The zero-order valence-corrected chi connectivity index (χ0v) is 9.97. The van der Waals surface area contributed by atoms with Crippen molar-refractivity contribution in [2.75, 3.05) is 19.5 Å². The van der Waals surface area contributed by atoms with Crippen molar-refractivity contribution in [3.8, 4) is 0 Å². The number of aliphatic hydroxyl groups excluding tert-OH is 1. The van der Waals surface area contributed by atoms with Crippen LogP contribution in [0.25, 0.3) is 0 Å². The second kappa shape index (κ2) is 6.25. The number of unbranched alkanes of at least 4 members (excludes halogenated alkanes) is 1. The van der Waals surface area contributed by atoms with E-state index >= 15 is 0 Å². The lowest BCUT2D eigenvalue weighted by Gasteiger charge is -2.34. The molecular weight excluding hydrogens is 202 g/mol. The van der Waals surface area contributed by atoms with Crippen LogP contribution in [0.2, 0.25) is 0 Å². The van der Waals surface area contributed by atoms with Crippen molar-refractivity contribution < 1.29 is 9.90 Å². The molecule has 0 bridgehead atoms. The Hall–Kier alpha value is -0.280. The van der Waals surface area contributed by atoms with Crippen LogP contribution < -0.4 is 0 Å². The normalized spacial score (nSPS) is 11.5. The van der Waals surface area contributed by atoms with Gasteiger partial charge in [-0.25, -0.2) is 0 Å². The van der Waals surface area contributed by atoms with Crippen LogP contribution in [-0.2, 0) is 4.79 Å². The highest BCUT2D eigenvalue weighted by Gasteiger charge is 2.25. The molecule has 0 heterocycles. The van der Waals surface area contributed by atoms with Crippen LogP contribution in [0.5, 0.6) is 0 Å². The molecule has 1 N–H and O–H groups in total. The highest BCUT2D eigenvalue weighted by molar-refractivity contribution is 6.17. The standard InChI is InChI=1S/C10H20ClNO2/c1-10(2,8-13)12(3)9(14)6-4-5-7-11/h13H,4-8H2,1-3H3. The highest BCUT2D eigenvalue weighted by Crippen LogP contribution is 2.13. The second-order valence-corrected chi connectivity index (χ2v) is 4.45. The zero-order chi connectivity index (χ0) is 11.2. The zero-order valence-electron chi connectivity index (χ0n) is 9.22. The summed E-state index contributed by atoms with van der Waals surface area (Å²) in [6, 6.07) is 0. The van der Waals surface area contributed by atoms with E-state index in [2.05, 4.69) is 0 Å². The van der Waals surface area contributed by atoms with Gasteiger partial charge in [0.1, 0.15) is 0 Å². The number of likely N-dealkylation sites (N-methyl/N-ethyl adjacent to an activating group) is 1. The minimum atomic E-state index is -0.474. The molecule has 0 radical (unpaired) electrons. The first-order valence-corrected chi connectivity index (χ1v) is 5.42. The van der Waals surface area contributed by atoms with Gasteiger partial charge in [0, 0.05) is 19.3 Å². The SMILES string of the molecule is CN(C(=O)CCCCCl)C(C)(C)CO. The molecule has 0 fully saturated rings. The summed E-state index contributed by atoms with van der Waals surface area (Å²) in [6.07, 6.45) is 2.18. The predicted octanol–water partition coefficient (Wildman–Crippen LogP) is 1.62. The summed E-state index contributed by atoms with van der Waals surface area (Å²) >= 11 is 5.52. The molecule has 1 amide bonds. The topological polar surface area (TPSA) is 40.5 Å². The van der Waals surface area contributed by atoms with E-state index in [9.17, 15) is 4.79 Å². The Balaban J connectivity index is 3.99. The second-order valence-electron chi connectivity index (χ2n) is 4.07. The average Bonchev–Trinajstić information content (AvgIpc) is 2.17. The van der Waals surface area contributed by atoms with Crippen molar-refractivity contribution >= 4 is 17.5 Å². The molecule has 0 saturated carbocycles. The monoisotopic (exact) mass is 221 g/mol. The summed E-state index contributed by atoms with van der Waals surface area (Å²) in [6.45, 7) is 3.66. The maximum absolute atomic E-state index is 11.6. The van der Waals surface area contributed by atoms with Crippen LogP contribution in [0.1, 0.15) is 33.1 Å². The lowest BCUT2D eigenvalue weighted by atomic mass is 10.0. The molecule has 0 rings (SSSR count). The van der Waals surface area contributed by atoms with Crippen molar-refractivity contribution in [2.24, 2.45) is 0 Å². The molecule has 0 spiro atoms. The summed E-state index contributed by atoms with van der Waals surface area (Å²) in [4.78, 5) is 13.2. The van der Waals surface area contributed by atoms with Gasteiger partial charge in [-0.3, -0.25) is 4.79 Å². The van der Waals surface area contributed by atoms with Crippen LogP contribution in [0.15, 0.2) is 0 Å². The number of nitrogens with zero attached hydrogens (tertiary/aromatic N) is 1. The van der Waals surface area contributed by atoms with Crippen LogP contribution in [0, 0.1) is 0 Å². The number of carbonyl (C=O) groups excluding carboxylic acids is 1. The molecule has 0 aromatic rings.